The average Bonchev–Trinajstić information content (AvgIpc) is 3.30. The number of nitrogens with zero attached hydrogens (tertiary/aromatic N) is 1. The molecule has 0 saturated carbocycles. The van der Waals surface area contributed by atoms with Gasteiger partial charge in [0.25, 0.3) is 5.91 Å². The Balaban J connectivity index is 1.44. The summed E-state index contributed by atoms with van der Waals surface area (Å²) in [7, 11) is 0. The predicted octanol–water partition coefficient (Wildman–Crippen LogP) is 3.60. The minimum atomic E-state index is -0.792. The van der Waals surface area contributed by atoms with Gasteiger partial charge in [0.2, 0.25) is 5.91 Å². The Labute approximate surface area is 211 Å². The zero-order valence-electron chi connectivity index (χ0n) is 21.2. The van der Waals surface area contributed by atoms with Gasteiger partial charge in [-0.15, -0.1) is 0 Å². The van der Waals surface area contributed by atoms with E-state index in [9.17, 15) is 14.7 Å². The van der Waals surface area contributed by atoms with Gasteiger partial charge in [0.05, 0.1) is 18.6 Å². The molecule has 2 heterocycles. The first-order valence-electron chi connectivity index (χ1n) is 12.7. The summed E-state index contributed by atoms with van der Waals surface area (Å²) in [4.78, 5) is 28.2. The second kappa shape index (κ2) is 8.62. The summed E-state index contributed by atoms with van der Waals surface area (Å²) in [5, 5.41) is 25.6. The van der Waals surface area contributed by atoms with Crippen LogP contribution in [-0.4, -0.2) is 45.0 Å². The number of carbonyl (C=O) groups excluding carboxylic acids is 2. The van der Waals surface area contributed by atoms with E-state index < -0.39 is 29.3 Å². The van der Waals surface area contributed by atoms with Crippen LogP contribution in [-0.2, 0) is 11.2 Å². The zero-order chi connectivity index (χ0) is 25.8. The van der Waals surface area contributed by atoms with E-state index in [0.29, 0.717) is 29.7 Å². The lowest BCUT2D eigenvalue weighted by atomic mass is 9.84. The number of rotatable bonds is 5. The predicted molar refractivity (Wildman–Crippen MR) is 136 cm³/mol. The van der Waals surface area contributed by atoms with Crippen LogP contribution in [0.1, 0.15) is 86.1 Å². The Morgan fingerprint density at radius 3 is 2.61 bits per heavy atom. The number of nitrogens with one attached hydrogen (secondary N) is 3. The van der Waals surface area contributed by atoms with Crippen LogP contribution < -0.4 is 15.4 Å². The van der Waals surface area contributed by atoms with E-state index in [1.54, 1.807) is 18.2 Å². The fourth-order valence-corrected chi connectivity index (χ4v) is 5.94. The lowest BCUT2D eigenvalue weighted by molar-refractivity contribution is -0.135. The number of guanidine groups is 1. The summed E-state index contributed by atoms with van der Waals surface area (Å²) in [5.74, 6) is 0.218. The first-order chi connectivity index (χ1) is 17.1. The quantitative estimate of drug-likeness (QED) is 0.511. The molecule has 0 spiro atoms. The van der Waals surface area contributed by atoms with Gasteiger partial charge < -0.3 is 20.5 Å². The van der Waals surface area contributed by atoms with E-state index in [0.717, 1.165) is 24.0 Å². The molecule has 2 aliphatic heterocycles. The average molecular weight is 491 g/mol. The molecule has 1 saturated heterocycles. The number of hydrogen-bond acceptors (Lipinski definition) is 5. The second-order valence-electron chi connectivity index (χ2n) is 10.7. The molecule has 36 heavy (non-hydrogen) atoms. The van der Waals surface area contributed by atoms with E-state index in [1.165, 1.54) is 4.90 Å². The molecule has 4 N–H and O–H groups in total. The van der Waals surface area contributed by atoms with Crippen molar-refractivity contribution in [1.82, 2.24) is 15.5 Å². The third-order valence-corrected chi connectivity index (χ3v) is 8.08. The van der Waals surface area contributed by atoms with E-state index in [1.807, 2.05) is 52.0 Å². The van der Waals surface area contributed by atoms with E-state index in [-0.39, 0.29) is 17.8 Å². The number of fused-ring (bicyclic) bond motifs is 2. The second-order valence-corrected chi connectivity index (χ2v) is 10.7. The van der Waals surface area contributed by atoms with Crippen molar-refractivity contribution in [1.29, 1.82) is 5.41 Å². The van der Waals surface area contributed by atoms with Crippen molar-refractivity contribution in [3.63, 3.8) is 0 Å². The Kier molecular flexibility index (Phi) is 5.82. The van der Waals surface area contributed by atoms with E-state index in [2.05, 4.69) is 10.6 Å². The maximum atomic E-state index is 13.4. The molecule has 1 unspecified atom stereocenters. The number of benzene rings is 2. The Morgan fingerprint density at radius 1 is 1.19 bits per heavy atom. The number of carbonyl (C=O) groups is 2. The molecule has 3 aliphatic rings. The van der Waals surface area contributed by atoms with Gasteiger partial charge in [-0.05, 0) is 56.0 Å². The minimum absolute atomic E-state index is 0.0602. The van der Waals surface area contributed by atoms with Crippen molar-refractivity contribution < 1.29 is 19.4 Å². The van der Waals surface area contributed by atoms with Crippen LogP contribution in [0.25, 0.3) is 0 Å². The van der Waals surface area contributed by atoms with Gasteiger partial charge in [0, 0.05) is 23.1 Å². The first kappa shape index (κ1) is 24.3. The molecular weight excluding hydrogens is 456 g/mol. The van der Waals surface area contributed by atoms with Gasteiger partial charge in [-0.3, -0.25) is 19.9 Å². The molecule has 8 heteroatoms. The van der Waals surface area contributed by atoms with Crippen molar-refractivity contribution >= 4 is 17.8 Å². The fourth-order valence-electron chi connectivity index (χ4n) is 5.94. The zero-order valence-corrected chi connectivity index (χ0v) is 21.2. The van der Waals surface area contributed by atoms with Crippen molar-refractivity contribution in [2.75, 3.05) is 0 Å². The minimum Gasteiger partial charge on any atom is -0.485 e. The van der Waals surface area contributed by atoms with Gasteiger partial charge in [0.15, 0.2) is 5.96 Å². The molecule has 0 radical (unpaired) electrons. The van der Waals surface area contributed by atoms with Crippen LogP contribution >= 0.6 is 0 Å². The van der Waals surface area contributed by atoms with Crippen LogP contribution in [0.4, 0.5) is 0 Å². The molecule has 1 aliphatic carbocycles. The summed E-state index contributed by atoms with van der Waals surface area (Å²) in [6, 6.07) is 11.9. The van der Waals surface area contributed by atoms with Crippen molar-refractivity contribution in [2.45, 2.75) is 82.7 Å². The molecule has 2 aromatic carbocycles. The number of aliphatic hydroxyl groups is 1. The van der Waals surface area contributed by atoms with Gasteiger partial charge in [0.1, 0.15) is 17.4 Å². The molecular formula is C28H34N4O4. The van der Waals surface area contributed by atoms with Crippen molar-refractivity contribution in [2.24, 2.45) is 0 Å². The van der Waals surface area contributed by atoms with Crippen LogP contribution in [0.5, 0.6) is 5.75 Å². The number of aliphatic hydroxyl groups excluding tert-OH is 1. The maximum Gasteiger partial charge on any atom is 0.251 e. The number of hydrogen-bond donors (Lipinski definition) is 4. The van der Waals surface area contributed by atoms with Crippen molar-refractivity contribution in [3.8, 4) is 5.75 Å². The fraction of sp³-hybridized carbons (Fsp3) is 0.464. The highest BCUT2D eigenvalue weighted by atomic mass is 16.5. The Bertz CT molecular complexity index is 1220. The van der Waals surface area contributed by atoms with Gasteiger partial charge in [-0.25, -0.2) is 0 Å². The Morgan fingerprint density at radius 2 is 1.92 bits per heavy atom. The highest BCUT2D eigenvalue weighted by molar-refractivity contribution is 6.00. The lowest BCUT2D eigenvalue weighted by Crippen LogP contribution is -2.64. The topological polar surface area (TPSA) is 115 Å². The van der Waals surface area contributed by atoms with Gasteiger partial charge >= 0.3 is 0 Å². The van der Waals surface area contributed by atoms with Gasteiger partial charge in [-0.2, -0.15) is 0 Å². The third-order valence-electron chi connectivity index (χ3n) is 8.08. The molecule has 1 fully saturated rings. The normalized spacial score (nSPS) is 25.6. The molecule has 0 bridgehead atoms. The Hall–Kier alpha value is -3.39. The van der Waals surface area contributed by atoms with Crippen LogP contribution in [0.2, 0.25) is 0 Å². The van der Waals surface area contributed by atoms with Crippen molar-refractivity contribution in [3.05, 3.63) is 64.7 Å². The highest BCUT2D eigenvalue weighted by Gasteiger charge is 2.51. The van der Waals surface area contributed by atoms with Crippen LogP contribution in [0, 0.1) is 5.41 Å². The number of amides is 2. The van der Waals surface area contributed by atoms with Crippen LogP contribution in [0.3, 0.4) is 0 Å². The SMILES string of the molecule is CCC1(CC)CC(=O)N(C2c3cc(C(=O)N[C@@H]4c5ccccc5C[C@H]4O)ccc3OC2(C)C)C(=N)N1. The standard InChI is InChI=1S/C28H34N4O4/c1-5-28(6-2)15-22(34)32(26(29)31-28)24-19-13-17(11-12-21(19)36-27(24,3)4)25(35)30-23-18-10-8-7-9-16(18)14-20(23)33/h7-13,20,23-24,33H,5-6,14-15H2,1-4H3,(H2,29,31)(H,30,35)/t20-,23-,24?/m1/s1. The molecule has 190 valence electrons. The monoisotopic (exact) mass is 490 g/mol. The summed E-state index contributed by atoms with van der Waals surface area (Å²) in [6.45, 7) is 7.83. The molecule has 0 aromatic heterocycles. The smallest absolute Gasteiger partial charge is 0.251 e. The van der Waals surface area contributed by atoms with Crippen LogP contribution in [0.15, 0.2) is 42.5 Å². The first-order valence-corrected chi connectivity index (χ1v) is 12.7. The molecule has 2 amide bonds. The third kappa shape index (κ3) is 3.84. The summed E-state index contributed by atoms with van der Waals surface area (Å²) < 4.78 is 6.20. The number of ether oxygens (including phenoxy) is 1. The summed E-state index contributed by atoms with van der Waals surface area (Å²) in [5.41, 5.74) is 1.86. The molecule has 5 rings (SSSR count). The van der Waals surface area contributed by atoms with E-state index >= 15 is 0 Å². The molecule has 2 aromatic rings. The highest BCUT2D eigenvalue weighted by Crippen LogP contribution is 2.48. The summed E-state index contributed by atoms with van der Waals surface area (Å²) >= 11 is 0. The molecule has 3 atom stereocenters. The maximum absolute atomic E-state index is 13.4. The van der Waals surface area contributed by atoms with Gasteiger partial charge in [-0.1, -0.05) is 38.1 Å². The molecule has 8 nitrogen and oxygen atoms in total. The van der Waals surface area contributed by atoms with E-state index in [4.69, 9.17) is 10.1 Å². The summed E-state index contributed by atoms with van der Waals surface area (Å²) in [6.07, 6.45) is 1.59. The lowest BCUT2D eigenvalue weighted by Gasteiger charge is -2.46. The largest absolute Gasteiger partial charge is 0.485 e.